The van der Waals surface area contributed by atoms with Crippen molar-refractivity contribution in [3.8, 4) is 0 Å². The van der Waals surface area contributed by atoms with E-state index in [-0.39, 0.29) is 5.91 Å². The summed E-state index contributed by atoms with van der Waals surface area (Å²) in [4.78, 5) is 11.2. The first kappa shape index (κ1) is 10.0. The van der Waals surface area contributed by atoms with Crippen LogP contribution in [0.4, 0.5) is 5.95 Å². The van der Waals surface area contributed by atoms with Crippen LogP contribution in [0, 0.1) is 6.92 Å². The van der Waals surface area contributed by atoms with Crippen LogP contribution in [0.25, 0.3) is 0 Å². The van der Waals surface area contributed by atoms with E-state index in [1.54, 1.807) is 4.57 Å². The first-order valence-corrected chi connectivity index (χ1v) is 5.19. The van der Waals surface area contributed by atoms with Crippen LogP contribution >= 0.6 is 11.8 Å². The van der Waals surface area contributed by atoms with Crippen molar-refractivity contribution in [1.29, 1.82) is 0 Å². The molecule has 1 rings (SSSR count). The lowest BCUT2D eigenvalue weighted by Crippen LogP contribution is -2.16. The molecular weight excluding hydrogens is 188 g/mol. The number of amides is 1. The second kappa shape index (κ2) is 4.27. The Morgan fingerprint density at radius 1 is 1.62 bits per heavy atom. The van der Waals surface area contributed by atoms with E-state index >= 15 is 0 Å². The molecule has 1 heterocycles. The first-order valence-electron chi connectivity index (χ1n) is 3.80. The Balaban J connectivity index is 2.64. The van der Waals surface area contributed by atoms with Gasteiger partial charge in [0.05, 0.1) is 5.75 Å². The summed E-state index contributed by atoms with van der Waals surface area (Å²) in [6, 6.07) is 0. The summed E-state index contributed by atoms with van der Waals surface area (Å²) in [7, 11) is 1.81. The molecule has 0 saturated carbocycles. The number of rotatable bonds is 3. The van der Waals surface area contributed by atoms with E-state index in [1.165, 1.54) is 11.8 Å². The minimum atomic E-state index is -0.0528. The maximum Gasteiger partial charge on any atom is 0.236 e. The zero-order valence-corrected chi connectivity index (χ0v) is 8.68. The molecule has 0 aliphatic rings. The third-order valence-corrected chi connectivity index (χ3v) is 2.17. The van der Waals surface area contributed by atoms with Gasteiger partial charge in [0.15, 0.2) is 0 Å². The number of thioether (sulfide) groups is 1. The molecule has 0 aliphatic heterocycles. The minimum absolute atomic E-state index is 0.0528. The number of nitrogens with one attached hydrogen (secondary N) is 1. The summed E-state index contributed by atoms with van der Waals surface area (Å²) >= 11 is 1.47. The van der Waals surface area contributed by atoms with E-state index in [4.69, 9.17) is 0 Å². The highest BCUT2D eigenvalue weighted by molar-refractivity contribution is 7.99. The lowest BCUT2D eigenvalue weighted by Gasteiger charge is -2.02. The molecule has 6 heteroatoms. The Morgan fingerprint density at radius 2 is 2.31 bits per heavy atom. The molecule has 0 unspecified atom stereocenters. The molecule has 1 aromatic heterocycles. The van der Waals surface area contributed by atoms with Gasteiger partial charge in [-0.15, -0.1) is 10.2 Å². The van der Waals surface area contributed by atoms with Crippen molar-refractivity contribution in [3.05, 3.63) is 5.82 Å². The highest BCUT2D eigenvalue weighted by atomic mass is 32.2. The number of hydrogen-bond acceptors (Lipinski definition) is 4. The maximum atomic E-state index is 11.2. The molecule has 0 bridgehead atoms. The number of aryl methyl sites for hydroxylation is 1. The molecule has 0 spiro atoms. The number of nitrogens with zero attached hydrogens (tertiary/aromatic N) is 3. The fourth-order valence-electron chi connectivity index (χ4n) is 0.808. The molecule has 0 fully saturated rings. The SMILES string of the molecule is CSCC(=O)Nc1nnc(C)n1C. The van der Waals surface area contributed by atoms with Gasteiger partial charge >= 0.3 is 0 Å². The Hall–Kier alpha value is -1.04. The van der Waals surface area contributed by atoms with E-state index in [1.807, 2.05) is 20.2 Å². The Bertz CT molecular complexity index is 309. The minimum Gasteiger partial charge on any atom is -0.300 e. The van der Waals surface area contributed by atoms with Gasteiger partial charge in [0.2, 0.25) is 11.9 Å². The fourth-order valence-corrected chi connectivity index (χ4v) is 1.14. The number of carbonyl (C=O) groups is 1. The zero-order valence-electron chi connectivity index (χ0n) is 7.87. The van der Waals surface area contributed by atoms with Gasteiger partial charge in [-0.2, -0.15) is 11.8 Å². The van der Waals surface area contributed by atoms with E-state index in [0.717, 1.165) is 5.82 Å². The van der Waals surface area contributed by atoms with Crippen LogP contribution in [0.1, 0.15) is 5.82 Å². The molecule has 1 amide bonds. The van der Waals surface area contributed by atoms with E-state index in [2.05, 4.69) is 15.5 Å². The Labute approximate surface area is 80.9 Å². The quantitative estimate of drug-likeness (QED) is 0.768. The number of carbonyl (C=O) groups excluding carboxylic acids is 1. The van der Waals surface area contributed by atoms with Crippen LogP contribution in [-0.2, 0) is 11.8 Å². The summed E-state index contributed by atoms with van der Waals surface area (Å²) in [6.45, 7) is 1.83. The van der Waals surface area contributed by atoms with Gasteiger partial charge in [-0.25, -0.2) is 0 Å². The summed E-state index contributed by atoms with van der Waals surface area (Å²) in [5, 5.41) is 10.3. The summed E-state index contributed by atoms with van der Waals surface area (Å²) in [5.41, 5.74) is 0. The summed E-state index contributed by atoms with van der Waals surface area (Å²) in [6.07, 6.45) is 1.88. The second-order valence-electron chi connectivity index (χ2n) is 2.61. The maximum absolute atomic E-state index is 11.2. The van der Waals surface area contributed by atoms with Gasteiger partial charge in [0, 0.05) is 7.05 Å². The van der Waals surface area contributed by atoms with Crippen LogP contribution in [0.2, 0.25) is 0 Å². The predicted octanol–water partition coefficient (Wildman–Crippen LogP) is 0.425. The van der Waals surface area contributed by atoms with Gasteiger partial charge in [0.25, 0.3) is 0 Å². The zero-order chi connectivity index (χ0) is 9.84. The summed E-state index contributed by atoms with van der Waals surface area (Å²) < 4.78 is 1.73. The Kier molecular flexibility index (Phi) is 3.30. The van der Waals surface area contributed by atoms with Crippen LogP contribution in [0.3, 0.4) is 0 Å². The second-order valence-corrected chi connectivity index (χ2v) is 3.48. The van der Waals surface area contributed by atoms with Crippen LogP contribution in [0.5, 0.6) is 0 Å². The molecule has 0 radical (unpaired) electrons. The van der Waals surface area contributed by atoms with Gasteiger partial charge in [-0.1, -0.05) is 0 Å². The van der Waals surface area contributed by atoms with Crippen molar-refractivity contribution in [2.75, 3.05) is 17.3 Å². The number of hydrogen-bond donors (Lipinski definition) is 1. The van der Waals surface area contributed by atoms with E-state index in [9.17, 15) is 4.79 Å². The van der Waals surface area contributed by atoms with Crippen molar-refractivity contribution < 1.29 is 4.79 Å². The normalized spacial score (nSPS) is 10.1. The molecule has 0 aliphatic carbocycles. The van der Waals surface area contributed by atoms with E-state index < -0.39 is 0 Å². The number of aromatic nitrogens is 3. The third kappa shape index (κ3) is 2.45. The first-order chi connectivity index (χ1) is 6.15. The largest absolute Gasteiger partial charge is 0.300 e. The van der Waals surface area contributed by atoms with Crippen molar-refractivity contribution in [3.63, 3.8) is 0 Å². The number of anilines is 1. The average Bonchev–Trinajstić information content (AvgIpc) is 2.37. The third-order valence-electron chi connectivity index (χ3n) is 1.62. The van der Waals surface area contributed by atoms with Crippen LogP contribution < -0.4 is 5.32 Å². The van der Waals surface area contributed by atoms with Crippen molar-refractivity contribution in [2.45, 2.75) is 6.92 Å². The van der Waals surface area contributed by atoms with Crippen molar-refractivity contribution >= 4 is 23.6 Å². The van der Waals surface area contributed by atoms with Crippen LogP contribution in [0.15, 0.2) is 0 Å². The highest BCUT2D eigenvalue weighted by Gasteiger charge is 2.07. The molecule has 13 heavy (non-hydrogen) atoms. The standard InChI is InChI=1S/C7H12N4OS/c1-5-9-10-7(11(5)2)8-6(12)4-13-3/h4H2,1-3H3,(H,8,10,12). The lowest BCUT2D eigenvalue weighted by molar-refractivity contribution is -0.113. The molecule has 0 atom stereocenters. The fraction of sp³-hybridized carbons (Fsp3) is 0.571. The van der Waals surface area contributed by atoms with Crippen LogP contribution in [-0.4, -0.2) is 32.7 Å². The molecular formula is C7H12N4OS. The molecule has 5 nitrogen and oxygen atoms in total. The highest BCUT2D eigenvalue weighted by Crippen LogP contribution is 2.03. The Morgan fingerprint density at radius 3 is 2.77 bits per heavy atom. The van der Waals surface area contributed by atoms with Crippen molar-refractivity contribution in [1.82, 2.24) is 14.8 Å². The molecule has 1 N–H and O–H groups in total. The lowest BCUT2D eigenvalue weighted by atomic mass is 10.6. The average molecular weight is 200 g/mol. The molecule has 0 saturated heterocycles. The van der Waals surface area contributed by atoms with Gasteiger partial charge in [0.1, 0.15) is 5.82 Å². The predicted molar refractivity (Wildman–Crippen MR) is 52.8 cm³/mol. The van der Waals surface area contributed by atoms with Gasteiger partial charge in [-0.05, 0) is 13.2 Å². The smallest absolute Gasteiger partial charge is 0.236 e. The summed E-state index contributed by atoms with van der Waals surface area (Å²) in [5.74, 6) is 1.66. The molecule has 72 valence electrons. The molecule has 1 aromatic rings. The van der Waals surface area contributed by atoms with Gasteiger partial charge in [-0.3, -0.25) is 10.1 Å². The van der Waals surface area contributed by atoms with Crippen molar-refractivity contribution in [2.24, 2.45) is 7.05 Å². The molecule has 0 aromatic carbocycles. The monoisotopic (exact) mass is 200 g/mol. The van der Waals surface area contributed by atoms with E-state index in [0.29, 0.717) is 11.7 Å². The topological polar surface area (TPSA) is 59.8 Å². The van der Waals surface area contributed by atoms with Gasteiger partial charge < -0.3 is 4.57 Å².